The Hall–Kier alpha value is -1.92. The molecule has 20 heavy (non-hydrogen) atoms. The molecule has 0 amide bonds. The van der Waals surface area contributed by atoms with E-state index in [4.69, 9.17) is 9.26 Å². The molecule has 1 aliphatic heterocycles. The number of aromatic nitrogens is 2. The van der Waals surface area contributed by atoms with Crippen molar-refractivity contribution < 1.29 is 14.4 Å². The molecule has 2 aromatic rings. The number of nitrogens with one attached hydrogen (secondary N) is 1. The molecule has 1 aromatic heterocycles. The number of methoxy groups -OCH3 is 1. The second kappa shape index (κ2) is 5.60. The van der Waals surface area contributed by atoms with E-state index in [1.165, 1.54) is 0 Å². The Balaban J connectivity index is 1.70. The van der Waals surface area contributed by atoms with Gasteiger partial charge < -0.3 is 19.7 Å². The third-order valence-electron chi connectivity index (χ3n) is 3.39. The zero-order valence-corrected chi connectivity index (χ0v) is 11.2. The van der Waals surface area contributed by atoms with E-state index in [2.05, 4.69) is 15.5 Å². The minimum Gasteiger partial charge on any atom is -0.497 e. The number of nitrogens with zero attached hydrogens (tertiary/aromatic N) is 2. The second-order valence-electron chi connectivity index (χ2n) is 4.93. The zero-order chi connectivity index (χ0) is 13.9. The molecule has 6 heteroatoms. The van der Waals surface area contributed by atoms with Gasteiger partial charge in [0.15, 0.2) is 5.82 Å². The maximum absolute atomic E-state index is 9.49. The Morgan fingerprint density at radius 3 is 3.15 bits per heavy atom. The van der Waals surface area contributed by atoms with Gasteiger partial charge in [-0.2, -0.15) is 4.98 Å². The van der Waals surface area contributed by atoms with E-state index in [9.17, 15) is 5.11 Å². The fourth-order valence-electron chi connectivity index (χ4n) is 2.35. The van der Waals surface area contributed by atoms with Crippen LogP contribution in [0.15, 0.2) is 28.8 Å². The Morgan fingerprint density at radius 2 is 2.40 bits per heavy atom. The first-order valence-electron chi connectivity index (χ1n) is 6.61. The topological polar surface area (TPSA) is 80.4 Å². The van der Waals surface area contributed by atoms with Crippen LogP contribution in [0.4, 0.5) is 0 Å². The van der Waals surface area contributed by atoms with Crippen molar-refractivity contribution in [3.8, 4) is 5.75 Å². The summed E-state index contributed by atoms with van der Waals surface area (Å²) in [6, 6.07) is 7.74. The lowest BCUT2D eigenvalue weighted by atomic mass is 10.1. The van der Waals surface area contributed by atoms with E-state index in [1.807, 2.05) is 24.3 Å². The fourth-order valence-corrected chi connectivity index (χ4v) is 2.35. The summed E-state index contributed by atoms with van der Waals surface area (Å²) >= 11 is 0. The fraction of sp³-hybridized carbons (Fsp3) is 0.429. The van der Waals surface area contributed by atoms with Crippen LogP contribution >= 0.6 is 0 Å². The van der Waals surface area contributed by atoms with Crippen LogP contribution in [0.3, 0.4) is 0 Å². The summed E-state index contributed by atoms with van der Waals surface area (Å²) in [4.78, 5) is 4.39. The molecule has 2 heterocycles. The molecule has 1 aliphatic rings. The normalized spacial score (nSPS) is 22.1. The summed E-state index contributed by atoms with van der Waals surface area (Å²) in [5.74, 6) is 1.99. The standard InChI is InChI=1S/C14H17N3O3/c1-19-11-4-2-3-9(5-11)6-13-16-14(20-17-13)12-7-10(18)8-15-12/h2-5,10,12,15,18H,6-8H2,1H3. The third kappa shape index (κ3) is 2.81. The third-order valence-corrected chi connectivity index (χ3v) is 3.39. The average molecular weight is 275 g/mol. The predicted molar refractivity (Wildman–Crippen MR) is 71.5 cm³/mol. The van der Waals surface area contributed by atoms with Gasteiger partial charge in [-0.25, -0.2) is 0 Å². The van der Waals surface area contributed by atoms with Crippen molar-refractivity contribution in [3.05, 3.63) is 41.5 Å². The molecule has 3 rings (SSSR count). The molecule has 0 aliphatic carbocycles. The van der Waals surface area contributed by atoms with E-state index < -0.39 is 0 Å². The lowest BCUT2D eigenvalue weighted by Gasteiger charge is -2.02. The van der Waals surface area contributed by atoms with E-state index in [0.29, 0.717) is 31.1 Å². The number of aliphatic hydroxyl groups excluding tert-OH is 1. The predicted octanol–water partition coefficient (Wildman–Crippen LogP) is 1.06. The first kappa shape index (κ1) is 13.1. The summed E-state index contributed by atoms with van der Waals surface area (Å²) in [5, 5.41) is 16.6. The molecular formula is C14H17N3O3. The molecule has 6 nitrogen and oxygen atoms in total. The van der Waals surface area contributed by atoms with Crippen LogP contribution in [0.25, 0.3) is 0 Å². The lowest BCUT2D eigenvalue weighted by Crippen LogP contribution is -2.15. The van der Waals surface area contributed by atoms with Gasteiger partial charge in [0.05, 0.1) is 19.3 Å². The maximum atomic E-state index is 9.49. The van der Waals surface area contributed by atoms with E-state index in [0.717, 1.165) is 11.3 Å². The number of aliphatic hydroxyl groups is 1. The minimum atomic E-state index is -0.339. The van der Waals surface area contributed by atoms with Crippen LogP contribution in [0.5, 0.6) is 5.75 Å². The number of hydrogen-bond acceptors (Lipinski definition) is 6. The highest BCUT2D eigenvalue weighted by Gasteiger charge is 2.28. The Morgan fingerprint density at radius 1 is 1.50 bits per heavy atom. The second-order valence-corrected chi connectivity index (χ2v) is 4.93. The van der Waals surface area contributed by atoms with Crippen molar-refractivity contribution in [1.29, 1.82) is 0 Å². The van der Waals surface area contributed by atoms with Crippen LogP contribution in [0, 0.1) is 0 Å². The van der Waals surface area contributed by atoms with Gasteiger partial charge in [-0.3, -0.25) is 0 Å². The van der Waals surface area contributed by atoms with Gasteiger partial charge in [0.1, 0.15) is 5.75 Å². The molecule has 1 fully saturated rings. The zero-order valence-electron chi connectivity index (χ0n) is 11.2. The summed E-state index contributed by atoms with van der Waals surface area (Å²) in [7, 11) is 1.64. The van der Waals surface area contributed by atoms with Crippen molar-refractivity contribution in [3.63, 3.8) is 0 Å². The monoisotopic (exact) mass is 275 g/mol. The number of β-amino-alcohol motifs (C(OH)–C–C–N with tert-alkyl or cyclic N) is 1. The van der Waals surface area contributed by atoms with Gasteiger partial charge in [-0.05, 0) is 24.1 Å². The Bertz CT molecular complexity index is 585. The first-order chi connectivity index (χ1) is 9.74. The van der Waals surface area contributed by atoms with E-state index in [1.54, 1.807) is 7.11 Å². The number of hydrogen-bond donors (Lipinski definition) is 2. The SMILES string of the molecule is COc1cccc(Cc2noc(C3CC(O)CN3)n2)c1. The van der Waals surface area contributed by atoms with Crippen LogP contribution in [0.2, 0.25) is 0 Å². The number of ether oxygens (including phenoxy) is 1. The molecule has 0 saturated carbocycles. The molecular weight excluding hydrogens is 258 g/mol. The highest BCUT2D eigenvalue weighted by Crippen LogP contribution is 2.22. The molecule has 1 aromatic carbocycles. The summed E-state index contributed by atoms with van der Waals surface area (Å²) in [5.41, 5.74) is 1.07. The molecule has 0 bridgehead atoms. The highest BCUT2D eigenvalue weighted by atomic mass is 16.5. The van der Waals surface area contributed by atoms with Crippen molar-refractivity contribution in [1.82, 2.24) is 15.5 Å². The molecule has 2 atom stereocenters. The van der Waals surface area contributed by atoms with Crippen molar-refractivity contribution in [2.75, 3.05) is 13.7 Å². The number of benzene rings is 1. The van der Waals surface area contributed by atoms with Gasteiger partial charge in [0, 0.05) is 13.0 Å². The van der Waals surface area contributed by atoms with E-state index >= 15 is 0 Å². The molecule has 0 spiro atoms. The van der Waals surface area contributed by atoms with Gasteiger partial charge >= 0.3 is 0 Å². The van der Waals surface area contributed by atoms with Crippen LogP contribution in [-0.2, 0) is 6.42 Å². The van der Waals surface area contributed by atoms with Crippen LogP contribution in [0.1, 0.15) is 29.7 Å². The van der Waals surface area contributed by atoms with Crippen molar-refractivity contribution >= 4 is 0 Å². The maximum Gasteiger partial charge on any atom is 0.243 e. The molecule has 2 N–H and O–H groups in total. The van der Waals surface area contributed by atoms with Gasteiger partial charge in [0.2, 0.25) is 5.89 Å². The smallest absolute Gasteiger partial charge is 0.243 e. The summed E-state index contributed by atoms with van der Waals surface area (Å²) in [6.45, 7) is 0.568. The van der Waals surface area contributed by atoms with Crippen molar-refractivity contribution in [2.24, 2.45) is 0 Å². The molecule has 106 valence electrons. The first-order valence-corrected chi connectivity index (χ1v) is 6.61. The quantitative estimate of drug-likeness (QED) is 0.868. The molecule has 2 unspecified atom stereocenters. The lowest BCUT2D eigenvalue weighted by molar-refractivity contribution is 0.191. The minimum absolute atomic E-state index is 0.0449. The summed E-state index contributed by atoms with van der Waals surface area (Å²) in [6.07, 6.45) is 0.866. The largest absolute Gasteiger partial charge is 0.497 e. The summed E-state index contributed by atoms with van der Waals surface area (Å²) < 4.78 is 10.4. The highest BCUT2D eigenvalue weighted by molar-refractivity contribution is 5.30. The number of rotatable bonds is 4. The Kier molecular flexibility index (Phi) is 3.66. The van der Waals surface area contributed by atoms with Crippen molar-refractivity contribution in [2.45, 2.75) is 25.0 Å². The van der Waals surface area contributed by atoms with Gasteiger partial charge in [-0.1, -0.05) is 17.3 Å². The molecule has 1 saturated heterocycles. The van der Waals surface area contributed by atoms with Crippen LogP contribution < -0.4 is 10.1 Å². The Labute approximate surface area is 116 Å². The van der Waals surface area contributed by atoms with Crippen LogP contribution in [-0.4, -0.2) is 35.0 Å². The average Bonchev–Trinajstić information content (AvgIpc) is 3.08. The van der Waals surface area contributed by atoms with E-state index in [-0.39, 0.29) is 12.1 Å². The van der Waals surface area contributed by atoms with Gasteiger partial charge in [-0.15, -0.1) is 0 Å². The molecule has 0 radical (unpaired) electrons. The van der Waals surface area contributed by atoms with Gasteiger partial charge in [0.25, 0.3) is 0 Å².